The predicted molar refractivity (Wildman–Crippen MR) is 112 cm³/mol. The minimum absolute atomic E-state index is 0.282. The zero-order valence-electron chi connectivity index (χ0n) is 16.2. The Hall–Kier alpha value is -2.12. The Labute approximate surface area is 167 Å². The molecule has 2 aliphatic rings. The number of nitrogens with zero attached hydrogens (tertiary/aromatic N) is 1. The van der Waals surface area contributed by atoms with Gasteiger partial charge in [-0.15, -0.1) is 0 Å². The molecule has 150 valence electrons. The quantitative estimate of drug-likeness (QED) is 0.631. The highest BCUT2D eigenvalue weighted by molar-refractivity contribution is 7.89. The van der Waals surface area contributed by atoms with E-state index in [1.807, 2.05) is 18.2 Å². The maximum absolute atomic E-state index is 12.5. The van der Waals surface area contributed by atoms with Gasteiger partial charge < -0.3 is 10.6 Å². The number of anilines is 2. The number of rotatable bonds is 8. The summed E-state index contributed by atoms with van der Waals surface area (Å²) in [5.74, 6) is 1.59. The summed E-state index contributed by atoms with van der Waals surface area (Å²) in [6, 6.07) is 9.70. The largest absolute Gasteiger partial charge is 0.380 e. The molecule has 0 saturated heterocycles. The lowest BCUT2D eigenvalue weighted by Crippen LogP contribution is -2.27. The minimum Gasteiger partial charge on any atom is -0.380 e. The zero-order chi connectivity index (χ0) is 19.6. The Bertz CT molecular complexity index is 917. The fourth-order valence-corrected chi connectivity index (χ4v) is 5.62. The Morgan fingerprint density at radius 1 is 1.07 bits per heavy atom. The summed E-state index contributed by atoms with van der Waals surface area (Å²) >= 11 is 0. The van der Waals surface area contributed by atoms with Crippen molar-refractivity contribution in [2.45, 2.75) is 50.1 Å². The molecule has 6 nitrogen and oxygen atoms in total. The highest BCUT2D eigenvalue weighted by Crippen LogP contribution is 2.46. The summed E-state index contributed by atoms with van der Waals surface area (Å²) in [5.41, 5.74) is 2.89. The third kappa shape index (κ3) is 4.15. The van der Waals surface area contributed by atoms with E-state index in [2.05, 4.69) is 20.3 Å². The van der Waals surface area contributed by atoms with Crippen molar-refractivity contribution in [2.24, 2.45) is 11.8 Å². The van der Waals surface area contributed by atoms with E-state index in [-0.39, 0.29) is 4.90 Å². The molecule has 2 bridgehead atoms. The van der Waals surface area contributed by atoms with Crippen molar-refractivity contribution in [3.05, 3.63) is 48.3 Å². The first-order valence-electron chi connectivity index (χ1n) is 10.1. The van der Waals surface area contributed by atoms with Gasteiger partial charge in [0.15, 0.2) is 0 Å². The van der Waals surface area contributed by atoms with Crippen LogP contribution in [0.25, 0.3) is 0 Å². The maximum Gasteiger partial charge on any atom is 0.240 e. The van der Waals surface area contributed by atoms with Gasteiger partial charge in [-0.2, -0.15) is 0 Å². The van der Waals surface area contributed by atoms with E-state index in [0.717, 1.165) is 28.8 Å². The molecule has 7 heteroatoms. The van der Waals surface area contributed by atoms with Gasteiger partial charge in [0.25, 0.3) is 0 Å². The topological polar surface area (TPSA) is 83.1 Å². The minimum atomic E-state index is -3.50. The lowest BCUT2D eigenvalue weighted by Gasteiger charge is -2.26. The first-order valence-corrected chi connectivity index (χ1v) is 11.6. The van der Waals surface area contributed by atoms with Crippen molar-refractivity contribution in [1.29, 1.82) is 0 Å². The number of hydrogen-bond acceptors (Lipinski definition) is 5. The molecular formula is C21H28N4O2S. The van der Waals surface area contributed by atoms with Crippen LogP contribution in [-0.4, -0.2) is 26.0 Å². The molecule has 1 aromatic heterocycles. The van der Waals surface area contributed by atoms with E-state index >= 15 is 0 Å². The Morgan fingerprint density at radius 3 is 2.57 bits per heavy atom. The van der Waals surface area contributed by atoms with E-state index in [1.165, 1.54) is 25.7 Å². The van der Waals surface area contributed by atoms with Crippen LogP contribution in [0.1, 0.15) is 38.2 Å². The Kier molecular flexibility index (Phi) is 5.55. The number of pyridine rings is 1. The van der Waals surface area contributed by atoms with Gasteiger partial charge in [0.1, 0.15) is 0 Å². The third-order valence-electron chi connectivity index (χ3n) is 5.95. The monoisotopic (exact) mass is 400 g/mol. The highest BCUT2D eigenvalue weighted by Gasteiger charge is 2.39. The molecule has 1 aromatic carbocycles. The van der Waals surface area contributed by atoms with Crippen LogP contribution in [-0.2, 0) is 16.6 Å². The van der Waals surface area contributed by atoms with Crippen molar-refractivity contribution in [3.8, 4) is 0 Å². The normalized spacial score (nSPS) is 23.7. The predicted octanol–water partition coefficient (Wildman–Crippen LogP) is 3.59. The standard InChI is InChI=1S/C21H28N4O2S/c1-2-24-28(26,27)18-5-6-19(25-20-12-16-3-4-17(20)11-16)21(13-18)23-14-15-7-9-22-10-8-15/h5-10,13,16-17,20,23-25H,2-4,11-12,14H2,1H3. The summed E-state index contributed by atoms with van der Waals surface area (Å²) < 4.78 is 27.5. The van der Waals surface area contributed by atoms with Gasteiger partial charge in [-0.05, 0) is 67.0 Å². The van der Waals surface area contributed by atoms with E-state index in [4.69, 9.17) is 0 Å². The molecule has 2 fully saturated rings. The van der Waals surface area contributed by atoms with Crippen LogP contribution >= 0.6 is 0 Å². The molecule has 1 heterocycles. The van der Waals surface area contributed by atoms with Gasteiger partial charge in [-0.3, -0.25) is 4.98 Å². The molecule has 2 aliphatic carbocycles. The van der Waals surface area contributed by atoms with Crippen LogP contribution in [0.15, 0.2) is 47.6 Å². The lowest BCUT2D eigenvalue weighted by molar-refractivity contribution is 0.440. The molecule has 0 spiro atoms. The number of aromatic nitrogens is 1. The first-order chi connectivity index (χ1) is 13.5. The number of nitrogens with one attached hydrogen (secondary N) is 3. The van der Waals surface area contributed by atoms with E-state index in [0.29, 0.717) is 19.1 Å². The molecular weight excluding hydrogens is 372 g/mol. The second-order valence-electron chi connectivity index (χ2n) is 7.84. The molecule has 28 heavy (non-hydrogen) atoms. The highest BCUT2D eigenvalue weighted by atomic mass is 32.2. The van der Waals surface area contributed by atoms with E-state index in [9.17, 15) is 8.42 Å². The molecule has 4 rings (SSSR count). The summed E-state index contributed by atoms with van der Waals surface area (Å²) in [4.78, 5) is 4.33. The second kappa shape index (κ2) is 8.09. The summed E-state index contributed by atoms with van der Waals surface area (Å²) in [7, 11) is -3.50. The molecule has 0 amide bonds. The van der Waals surface area contributed by atoms with Gasteiger partial charge in [-0.25, -0.2) is 13.1 Å². The van der Waals surface area contributed by atoms with Crippen LogP contribution < -0.4 is 15.4 Å². The van der Waals surface area contributed by atoms with Gasteiger partial charge in [0, 0.05) is 31.5 Å². The molecule has 2 saturated carbocycles. The molecule has 0 aliphatic heterocycles. The van der Waals surface area contributed by atoms with Crippen molar-refractivity contribution >= 4 is 21.4 Å². The molecule has 3 N–H and O–H groups in total. The second-order valence-corrected chi connectivity index (χ2v) is 9.61. The molecule has 3 unspecified atom stereocenters. The van der Waals surface area contributed by atoms with Gasteiger partial charge in [0.2, 0.25) is 10.0 Å². The number of sulfonamides is 1. The first kappa shape index (κ1) is 19.2. The van der Waals surface area contributed by atoms with Gasteiger partial charge in [-0.1, -0.05) is 13.3 Å². The van der Waals surface area contributed by atoms with E-state index < -0.39 is 10.0 Å². The van der Waals surface area contributed by atoms with Crippen LogP contribution in [0.2, 0.25) is 0 Å². The van der Waals surface area contributed by atoms with E-state index in [1.54, 1.807) is 31.5 Å². The van der Waals surface area contributed by atoms with Crippen molar-refractivity contribution in [3.63, 3.8) is 0 Å². The average Bonchev–Trinajstić information content (AvgIpc) is 3.31. The van der Waals surface area contributed by atoms with Gasteiger partial charge in [0.05, 0.1) is 16.3 Å². The smallest absolute Gasteiger partial charge is 0.240 e. The zero-order valence-corrected chi connectivity index (χ0v) is 17.0. The Morgan fingerprint density at radius 2 is 1.89 bits per heavy atom. The van der Waals surface area contributed by atoms with Crippen LogP contribution in [0.5, 0.6) is 0 Å². The molecule has 0 radical (unpaired) electrons. The number of benzene rings is 1. The summed E-state index contributed by atoms with van der Waals surface area (Å²) in [5, 5.41) is 7.12. The fourth-order valence-electron chi connectivity index (χ4n) is 4.56. The fraction of sp³-hybridized carbons (Fsp3) is 0.476. The van der Waals surface area contributed by atoms with Crippen molar-refractivity contribution in [2.75, 3.05) is 17.2 Å². The molecule has 2 aromatic rings. The Balaban J connectivity index is 1.58. The summed E-state index contributed by atoms with van der Waals surface area (Å²) in [6.45, 7) is 2.76. The van der Waals surface area contributed by atoms with Crippen molar-refractivity contribution in [1.82, 2.24) is 9.71 Å². The third-order valence-corrected chi connectivity index (χ3v) is 7.49. The van der Waals surface area contributed by atoms with Gasteiger partial charge >= 0.3 is 0 Å². The SMILES string of the molecule is CCNS(=O)(=O)c1ccc(NC2CC3CCC2C3)c(NCc2ccncc2)c1. The lowest BCUT2D eigenvalue weighted by atomic mass is 9.95. The van der Waals surface area contributed by atoms with Crippen molar-refractivity contribution < 1.29 is 8.42 Å². The van der Waals surface area contributed by atoms with Crippen LogP contribution in [0, 0.1) is 11.8 Å². The van der Waals surface area contributed by atoms with Crippen LogP contribution in [0.4, 0.5) is 11.4 Å². The number of fused-ring (bicyclic) bond motifs is 2. The average molecular weight is 401 g/mol. The summed E-state index contributed by atoms with van der Waals surface area (Å²) in [6.07, 6.45) is 8.72. The molecule has 3 atom stereocenters. The number of hydrogen-bond donors (Lipinski definition) is 3. The van der Waals surface area contributed by atoms with Crippen LogP contribution in [0.3, 0.4) is 0 Å². The maximum atomic E-state index is 12.5.